The lowest BCUT2D eigenvalue weighted by Crippen LogP contribution is -2.47. The molecule has 3 aromatic rings. The van der Waals surface area contributed by atoms with Gasteiger partial charge in [-0.15, -0.1) is 11.3 Å². The zero-order valence-electron chi connectivity index (χ0n) is 18.6. The highest BCUT2D eigenvalue weighted by Crippen LogP contribution is 2.33. The first-order chi connectivity index (χ1) is 16.0. The van der Waals surface area contributed by atoms with Crippen LogP contribution in [0.2, 0.25) is 0 Å². The van der Waals surface area contributed by atoms with Crippen molar-refractivity contribution in [3.63, 3.8) is 0 Å². The molecule has 0 N–H and O–H groups in total. The molecular formula is C25H29N3O3S2. The maximum Gasteiger partial charge on any atom is 0.237 e. The average Bonchev–Trinajstić information content (AvgIpc) is 3.41. The first kappa shape index (κ1) is 22.5. The molecule has 2 saturated heterocycles. The highest BCUT2D eigenvalue weighted by atomic mass is 32.2. The third-order valence-corrected chi connectivity index (χ3v) is 9.64. The first-order valence-electron chi connectivity index (χ1n) is 11.6. The van der Waals surface area contributed by atoms with Crippen molar-refractivity contribution in [2.24, 2.45) is 0 Å². The molecule has 33 heavy (non-hydrogen) atoms. The van der Waals surface area contributed by atoms with Crippen molar-refractivity contribution < 1.29 is 13.2 Å². The first-order valence-corrected chi connectivity index (χ1v) is 14.2. The molecule has 0 radical (unpaired) electrons. The van der Waals surface area contributed by atoms with E-state index in [-0.39, 0.29) is 23.5 Å². The van der Waals surface area contributed by atoms with E-state index in [1.807, 2.05) is 42.5 Å². The second kappa shape index (κ2) is 9.52. The van der Waals surface area contributed by atoms with Crippen molar-refractivity contribution in [1.29, 1.82) is 0 Å². The van der Waals surface area contributed by atoms with Gasteiger partial charge in [0.05, 0.1) is 33.3 Å². The summed E-state index contributed by atoms with van der Waals surface area (Å²) in [5.74, 6) is 0.587. The number of sulfone groups is 1. The largest absolute Gasteiger partial charge is 0.333 e. The van der Waals surface area contributed by atoms with Crippen LogP contribution in [0.5, 0.6) is 0 Å². The molecule has 6 nitrogen and oxygen atoms in total. The Morgan fingerprint density at radius 3 is 2.64 bits per heavy atom. The molecule has 2 aliphatic rings. The number of benzene rings is 2. The predicted octanol–water partition coefficient (Wildman–Crippen LogP) is 3.69. The maximum atomic E-state index is 13.5. The lowest BCUT2D eigenvalue weighted by atomic mass is 9.98. The third-order valence-electron chi connectivity index (χ3n) is 6.69. The number of likely N-dealkylation sites (tertiary alicyclic amines) is 1. The van der Waals surface area contributed by atoms with Crippen molar-refractivity contribution in [3.05, 3.63) is 65.2 Å². The van der Waals surface area contributed by atoms with Crippen molar-refractivity contribution in [3.8, 4) is 0 Å². The molecule has 2 atom stereocenters. The van der Waals surface area contributed by atoms with Gasteiger partial charge >= 0.3 is 0 Å². The standard InChI is InChI=1S/C25H29N3O3S2/c29-24(28(15-19-7-2-1-3-8-19)21-12-14-33(30,31)18-21)17-27-13-6-9-20(16-27)25-26-22-10-4-5-11-23(22)32-25/h1-5,7-8,10-11,20-21H,6,9,12-18H2. The number of carbonyl (C=O) groups excluding carboxylic acids is 1. The normalized spacial score (nSPS) is 23.0. The summed E-state index contributed by atoms with van der Waals surface area (Å²) in [5.41, 5.74) is 2.07. The number of amides is 1. The number of nitrogens with zero attached hydrogens (tertiary/aromatic N) is 3. The Kier molecular flexibility index (Phi) is 6.49. The Morgan fingerprint density at radius 1 is 1.09 bits per heavy atom. The van der Waals surface area contributed by atoms with Gasteiger partial charge in [0.1, 0.15) is 0 Å². The highest BCUT2D eigenvalue weighted by Gasteiger charge is 2.35. The Bertz CT molecular complexity index is 1190. The molecule has 0 aliphatic carbocycles. The number of carbonyl (C=O) groups is 1. The van der Waals surface area contributed by atoms with Crippen LogP contribution in [0.3, 0.4) is 0 Å². The van der Waals surface area contributed by atoms with Crippen molar-refractivity contribution in [2.75, 3.05) is 31.1 Å². The van der Waals surface area contributed by atoms with E-state index in [9.17, 15) is 13.2 Å². The van der Waals surface area contributed by atoms with E-state index in [1.165, 1.54) is 4.70 Å². The lowest BCUT2D eigenvalue weighted by Gasteiger charge is -2.35. The number of aromatic nitrogens is 1. The Balaban J connectivity index is 1.29. The zero-order chi connectivity index (χ0) is 22.8. The smallest absolute Gasteiger partial charge is 0.237 e. The van der Waals surface area contributed by atoms with Gasteiger partial charge < -0.3 is 4.90 Å². The fourth-order valence-corrected chi connectivity index (χ4v) is 7.79. The minimum Gasteiger partial charge on any atom is -0.333 e. The summed E-state index contributed by atoms with van der Waals surface area (Å²) in [6, 6.07) is 17.8. The number of hydrogen-bond acceptors (Lipinski definition) is 6. The summed E-state index contributed by atoms with van der Waals surface area (Å²) < 4.78 is 25.5. The van der Waals surface area contributed by atoms with E-state index in [2.05, 4.69) is 17.0 Å². The van der Waals surface area contributed by atoms with Gasteiger partial charge in [0.15, 0.2) is 9.84 Å². The van der Waals surface area contributed by atoms with E-state index in [1.54, 1.807) is 16.2 Å². The third kappa shape index (κ3) is 5.28. The molecule has 2 unspecified atom stereocenters. The lowest BCUT2D eigenvalue weighted by molar-refractivity contribution is -0.135. The minimum atomic E-state index is -3.07. The number of rotatable bonds is 6. The fraction of sp³-hybridized carbons (Fsp3) is 0.440. The number of hydrogen-bond donors (Lipinski definition) is 0. The van der Waals surface area contributed by atoms with E-state index < -0.39 is 9.84 Å². The molecule has 2 aliphatic heterocycles. The van der Waals surface area contributed by atoms with E-state index in [0.29, 0.717) is 25.4 Å². The summed E-state index contributed by atoms with van der Waals surface area (Å²) >= 11 is 1.75. The van der Waals surface area contributed by atoms with Crippen LogP contribution >= 0.6 is 11.3 Å². The van der Waals surface area contributed by atoms with Crippen LogP contribution in [0.25, 0.3) is 10.2 Å². The quantitative estimate of drug-likeness (QED) is 0.535. The van der Waals surface area contributed by atoms with Gasteiger partial charge in [0.25, 0.3) is 0 Å². The van der Waals surface area contributed by atoms with Gasteiger partial charge in [-0.25, -0.2) is 13.4 Å². The molecule has 174 valence electrons. The summed E-state index contributed by atoms with van der Waals surface area (Å²) in [7, 11) is -3.07. The molecule has 1 amide bonds. The van der Waals surface area contributed by atoms with Gasteiger partial charge in [0, 0.05) is 25.0 Å². The number of fused-ring (bicyclic) bond motifs is 1. The van der Waals surface area contributed by atoms with Crippen LogP contribution in [0.4, 0.5) is 0 Å². The predicted molar refractivity (Wildman–Crippen MR) is 132 cm³/mol. The maximum absolute atomic E-state index is 13.5. The van der Waals surface area contributed by atoms with Crippen molar-refractivity contribution in [1.82, 2.24) is 14.8 Å². The van der Waals surface area contributed by atoms with Gasteiger partial charge in [-0.05, 0) is 43.5 Å². The second-order valence-electron chi connectivity index (χ2n) is 9.16. The van der Waals surface area contributed by atoms with Crippen LogP contribution in [-0.4, -0.2) is 66.3 Å². The fourth-order valence-electron chi connectivity index (χ4n) is 4.97. The van der Waals surface area contributed by atoms with E-state index in [0.717, 1.165) is 42.0 Å². The highest BCUT2D eigenvalue weighted by molar-refractivity contribution is 7.91. The summed E-state index contributed by atoms with van der Waals surface area (Å²) in [4.78, 5) is 22.4. The van der Waals surface area contributed by atoms with E-state index >= 15 is 0 Å². The summed E-state index contributed by atoms with van der Waals surface area (Å²) in [6.45, 7) is 2.47. The Morgan fingerprint density at radius 2 is 1.88 bits per heavy atom. The summed E-state index contributed by atoms with van der Waals surface area (Å²) in [6.07, 6.45) is 2.64. The Hall–Kier alpha value is -2.29. The molecule has 2 fully saturated rings. The van der Waals surface area contributed by atoms with Crippen LogP contribution in [0.1, 0.15) is 35.8 Å². The molecular weight excluding hydrogens is 454 g/mol. The molecule has 8 heteroatoms. The number of thiazole rings is 1. The number of para-hydroxylation sites is 1. The van der Waals surface area contributed by atoms with Gasteiger partial charge in [-0.3, -0.25) is 9.69 Å². The molecule has 0 bridgehead atoms. The van der Waals surface area contributed by atoms with Crippen LogP contribution < -0.4 is 0 Å². The molecule has 0 spiro atoms. The SMILES string of the molecule is O=C(CN1CCCC(c2nc3ccccc3s2)C1)N(Cc1ccccc1)C1CCS(=O)(=O)C1. The minimum absolute atomic E-state index is 0.0194. The monoisotopic (exact) mass is 483 g/mol. The average molecular weight is 484 g/mol. The molecule has 2 aromatic carbocycles. The van der Waals surface area contributed by atoms with Crippen LogP contribution in [0, 0.1) is 0 Å². The zero-order valence-corrected chi connectivity index (χ0v) is 20.2. The summed E-state index contributed by atoms with van der Waals surface area (Å²) in [5, 5.41) is 1.15. The second-order valence-corrected chi connectivity index (χ2v) is 12.4. The molecule has 5 rings (SSSR count). The molecule has 3 heterocycles. The van der Waals surface area contributed by atoms with Gasteiger partial charge in [-0.2, -0.15) is 0 Å². The Labute approximate surface area is 199 Å². The van der Waals surface area contributed by atoms with Crippen LogP contribution in [-0.2, 0) is 21.2 Å². The topological polar surface area (TPSA) is 70.6 Å². The number of piperidine rings is 1. The van der Waals surface area contributed by atoms with E-state index in [4.69, 9.17) is 4.98 Å². The van der Waals surface area contributed by atoms with Crippen molar-refractivity contribution >= 4 is 37.3 Å². The van der Waals surface area contributed by atoms with Crippen LogP contribution in [0.15, 0.2) is 54.6 Å². The van der Waals surface area contributed by atoms with Gasteiger partial charge in [-0.1, -0.05) is 42.5 Å². The molecule has 0 saturated carbocycles. The molecule has 1 aromatic heterocycles. The van der Waals surface area contributed by atoms with Crippen molar-refractivity contribution in [2.45, 2.75) is 37.8 Å². The van der Waals surface area contributed by atoms with Gasteiger partial charge in [0.2, 0.25) is 5.91 Å².